The van der Waals surface area contributed by atoms with E-state index in [9.17, 15) is 8.78 Å². The van der Waals surface area contributed by atoms with Crippen molar-refractivity contribution < 1.29 is 13.5 Å². The Labute approximate surface area is 116 Å². The minimum absolute atomic E-state index is 0.321. The van der Waals surface area contributed by atoms with Crippen LogP contribution < -0.4 is 10.1 Å². The van der Waals surface area contributed by atoms with Crippen molar-refractivity contribution in [2.45, 2.75) is 19.9 Å². The molecular formula is C15H16F2N2O. The Bertz CT molecular complexity index is 558. The molecule has 2 aromatic rings. The molecule has 5 heteroatoms. The Kier molecular flexibility index (Phi) is 5.01. The number of halogens is 2. The number of hydrogen-bond donors (Lipinski definition) is 1. The number of benzene rings is 1. The molecule has 106 valence electrons. The summed E-state index contributed by atoms with van der Waals surface area (Å²) in [5, 5.41) is 3.17. The number of rotatable bonds is 6. The lowest BCUT2D eigenvalue weighted by Gasteiger charge is -2.10. The highest BCUT2D eigenvalue weighted by Crippen LogP contribution is 2.23. The quantitative estimate of drug-likeness (QED) is 0.819. The predicted octanol–water partition coefficient (Wildman–Crippen LogP) is 3.65. The van der Waals surface area contributed by atoms with Gasteiger partial charge >= 0.3 is 0 Å². The third-order valence-corrected chi connectivity index (χ3v) is 2.66. The van der Waals surface area contributed by atoms with Gasteiger partial charge in [0.25, 0.3) is 0 Å². The molecule has 0 saturated carbocycles. The molecule has 0 fully saturated rings. The number of nitrogens with zero attached hydrogens (tertiary/aromatic N) is 1. The average molecular weight is 278 g/mol. The molecule has 0 aliphatic rings. The van der Waals surface area contributed by atoms with Gasteiger partial charge in [-0.15, -0.1) is 0 Å². The van der Waals surface area contributed by atoms with Crippen LogP contribution in [0.5, 0.6) is 11.6 Å². The van der Waals surface area contributed by atoms with Crippen LogP contribution in [0.1, 0.15) is 18.9 Å². The number of pyridine rings is 1. The van der Waals surface area contributed by atoms with E-state index >= 15 is 0 Å². The zero-order valence-electron chi connectivity index (χ0n) is 11.2. The van der Waals surface area contributed by atoms with Crippen molar-refractivity contribution in [3.05, 3.63) is 53.7 Å². The summed E-state index contributed by atoms with van der Waals surface area (Å²) in [5.74, 6) is 0.0304. The lowest BCUT2D eigenvalue weighted by molar-refractivity contribution is 0.447. The zero-order chi connectivity index (χ0) is 14.4. The van der Waals surface area contributed by atoms with Crippen LogP contribution in [0.3, 0.4) is 0 Å². The Morgan fingerprint density at radius 1 is 1.15 bits per heavy atom. The number of aromatic nitrogens is 1. The van der Waals surface area contributed by atoms with E-state index in [1.807, 2.05) is 6.92 Å². The van der Waals surface area contributed by atoms with Crippen molar-refractivity contribution in [1.29, 1.82) is 0 Å². The van der Waals surface area contributed by atoms with Gasteiger partial charge in [0.1, 0.15) is 17.4 Å². The fourth-order valence-electron chi connectivity index (χ4n) is 1.70. The van der Waals surface area contributed by atoms with Crippen LogP contribution in [-0.2, 0) is 6.54 Å². The van der Waals surface area contributed by atoms with Gasteiger partial charge in [-0.2, -0.15) is 0 Å². The number of ether oxygens (including phenoxy) is 1. The van der Waals surface area contributed by atoms with Crippen LogP contribution in [-0.4, -0.2) is 11.5 Å². The van der Waals surface area contributed by atoms with Gasteiger partial charge in [-0.3, -0.25) is 0 Å². The average Bonchev–Trinajstić information content (AvgIpc) is 2.44. The standard InChI is InChI=1S/C15H16F2N2O/c1-2-7-18-9-11-8-13(17)10-19-15(11)20-14-5-3-12(16)4-6-14/h3-6,8,10,18H,2,7,9H2,1H3. The van der Waals surface area contributed by atoms with Crippen LogP contribution >= 0.6 is 0 Å². The van der Waals surface area contributed by atoms with E-state index < -0.39 is 5.82 Å². The molecule has 20 heavy (non-hydrogen) atoms. The summed E-state index contributed by atoms with van der Waals surface area (Å²) in [4.78, 5) is 3.94. The summed E-state index contributed by atoms with van der Waals surface area (Å²) in [6.45, 7) is 3.34. The highest BCUT2D eigenvalue weighted by molar-refractivity contribution is 5.32. The Morgan fingerprint density at radius 2 is 1.90 bits per heavy atom. The minimum Gasteiger partial charge on any atom is -0.439 e. The van der Waals surface area contributed by atoms with Crippen molar-refractivity contribution in [2.75, 3.05) is 6.54 Å². The van der Waals surface area contributed by atoms with E-state index in [1.165, 1.54) is 30.3 Å². The third-order valence-electron chi connectivity index (χ3n) is 2.66. The summed E-state index contributed by atoms with van der Waals surface area (Å²) in [5.41, 5.74) is 0.628. The summed E-state index contributed by atoms with van der Waals surface area (Å²) in [6, 6.07) is 6.99. The molecule has 0 aliphatic carbocycles. The van der Waals surface area contributed by atoms with Crippen LogP contribution in [0.2, 0.25) is 0 Å². The van der Waals surface area contributed by atoms with E-state index in [4.69, 9.17) is 4.74 Å². The smallest absolute Gasteiger partial charge is 0.223 e. The number of hydrogen-bond acceptors (Lipinski definition) is 3. The van der Waals surface area contributed by atoms with Gasteiger partial charge in [0.2, 0.25) is 5.88 Å². The maximum atomic E-state index is 13.3. The van der Waals surface area contributed by atoms with Crippen molar-refractivity contribution in [3.63, 3.8) is 0 Å². The molecule has 0 bridgehead atoms. The largest absolute Gasteiger partial charge is 0.439 e. The monoisotopic (exact) mass is 278 g/mol. The van der Waals surface area contributed by atoms with Crippen molar-refractivity contribution in [1.82, 2.24) is 10.3 Å². The van der Waals surface area contributed by atoms with Gasteiger partial charge in [-0.05, 0) is 43.3 Å². The van der Waals surface area contributed by atoms with Gasteiger partial charge in [0.05, 0.1) is 6.20 Å². The van der Waals surface area contributed by atoms with E-state index in [2.05, 4.69) is 10.3 Å². The van der Waals surface area contributed by atoms with Crippen LogP contribution in [0.15, 0.2) is 36.5 Å². The maximum absolute atomic E-state index is 13.3. The first-order valence-electron chi connectivity index (χ1n) is 6.47. The zero-order valence-corrected chi connectivity index (χ0v) is 11.2. The minimum atomic E-state index is -0.412. The van der Waals surface area contributed by atoms with Crippen LogP contribution in [0, 0.1) is 11.6 Å². The highest BCUT2D eigenvalue weighted by atomic mass is 19.1. The lowest BCUT2D eigenvalue weighted by Crippen LogP contribution is -2.15. The van der Waals surface area contributed by atoms with Crippen LogP contribution in [0.25, 0.3) is 0 Å². The first-order valence-corrected chi connectivity index (χ1v) is 6.47. The molecule has 0 radical (unpaired) electrons. The van der Waals surface area contributed by atoms with Gasteiger partial charge in [-0.1, -0.05) is 6.92 Å². The number of nitrogens with one attached hydrogen (secondary N) is 1. The van der Waals surface area contributed by atoms with Crippen molar-refractivity contribution >= 4 is 0 Å². The molecule has 0 saturated heterocycles. The Morgan fingerprint density at radius 3 is 2.60 bits per heavy atom. The van der Waals surface area contributed by atoms with Crippen molar-refractivity contribution in [2.24, 2.45) is 0 Å². The third kappa shape index (κ3) is 3.99. The van der Waals surface area contributed by atoms with Gasteiger partial charge in [0, 0.05) is 12.1 Å². The molecule has 1 aromatic carbocycles. The van der Waals surface area contributed by atoms with Gasteiger partial charge in [0.15, 0.2) is 0 Å². The summed E-state index contributed by atoms with van der Waals surface area (Å²) in [6.07, 6.45) is 2.08. The predicted molar refractivity (Wildman–Crippen MR) is 72.7 cm³/mol. The van der Waals surface area contributed by atoms with Crippen molar-refractivity contribution in [3.8, 4) is 11.6 Å². The molecule has 1 aromatic heterocycles. The second kappa shape index (κ2) is 6.96. The Balaban J connectivity index is 2.15. The molecule has 0 unspecified atom stereocenters. The summed E-state index contributed by atoms with van der Waals surface area (Å²) < 4.78 is 31.7. The molecule has 2 rings (SSSR count). The molecule has 0 atom stereocenters. The second-order valence-corrected chi connectivity index (χ2v) is 4.35. The van der Waals surface area contributed by atoms with Gasteiger partial charge < -0.3 is 10.1 Å². The highest BCUT2D eigenvalue weighted by Gasteiger charge is 2.08. The maximum Gasteiger partial charge on any atom is 0.223 e. The van der Waals surface area contributed by atoms with E-state index in [0.717, 1.165) is 19.2 Å². The summed E-state index contributed by atoms with van der Waals surface area (Å²) >= 11 is 0. The summed E-state index contributed by atoms with van der Waals surface area (Å²) in [7, 11) is 0. The molecule has 1 heterocycles. The fraction of sp³-hybridized carbons (Fsp3) is 0.267. The first kappa shape index (κ1) is 14.4. The van der Waals surface area contributed by atoms with E-state index in [0.29, 0.717) is 23.7 Å². The molecule has 1 N–H and O–H groups in total. The van der Waals surface area contributed by atoms with Crippen LogP contribution in [0.4, 0.5) is 8.78 Å². The van der Waals surface area contributed by atoms with E-state index in [1.54, 1.807) is 0 Å². The molecular weight excluding hydrogens is 262 g/mol. The Hall–Kier alpha value is -2.01. The first-order chi connectivity index (χ1) is 9.69. The SMILES string of the molecule is CCCNCc1cc(F)cnc1Oc1ccc(F)cc1. The lowest BCUT2D eigenvalue weighted by atomic mass is 10.2. The second-order valence-electron chi connectivity index (χ2n) is 4.35. The molecule has 0 aliphatic heterocycles. The van der Waals surface area contributed by atoms with Gasteiger partial charge in [-0.25, -0.2) is 13.8 Å². The topological polar surface area (TPSA) is 34.2 Å². The molecule has 0 spiro atoms. The molecule has 0 amide bonds. The normalized spacial score (nSPS) is 10.6. The van der Waals surface area contributed by atoms with E-state index in [-0.39, 0.29) is 5.82 Å². The molecule has 3 nitrogen and oxygen atoms in total. The fourth-order valence-corrected chi connectivity index (χ4v) is 1.70.